The topological polar surface area (TPSA) is 42.9 Å². The van der Waals surface area contributed by atoms with Gasteiger partial charge in [-0.2, -0.15) is 0 Å². The number of hydrogen-bond donors (Lipinski definition) is 0. The van der Waals surface area contributed by atoms with Crippen molar-refractivity contribution in [2.24, 2.45) is 0 Å². The summed E-state index contributed by atoms with van der Waals surface area (Å²) < 4.78 is 0. The normalized spacial score (nSPS) is 10.3. The summed E-state index contributed by atoms with van der Waals surface area (Å²) in [6.07, 6.45) is 3.23. The van der Waals surface area contributed by atoms with Gasteiger partial charge in [0.05, 0.1) is 9.90 Å². The number of thiophene rings is 1. The van der Waals surface area contributed by atoms with Crippen LogP contribution in [0.5, 0.6) is 0 Å². The third-order valence-corrected chi connectivity index (χ3v) is 3.15. The van der Waals surface area contributed by atoms with Crippen molar-refractivity contribution in [3.8, 4) is 0 Å². The van der Waals surface area contributed by atoms with Crippen molar-refractivity contribution in [1.82, 2.24) is 9.97 Å². The summed E-state index contributed by atoms with van der Waals surface area (Å²) >= 11 is 7.15. The molecule has 76 valence electrons. The van der Waals surface area contributed by atoms with Crippen LogP contribution in [0.25, 0.3) is 0 Å². The highest BCUT2D eigenvalue weighted by Gasteiger charge is 2.16. The fourth-order valence-electron chi connectivity index (χ4n) is 1.07. The molecule has 0 fully saturated rings. The van der Waals surface area contributed by atoms with E-state index in [4.69, 9.17) is 11.6 Å². The number of hydrogen-bond acceptors (Lipinski definition) is 4. The van der Waals surface area contributed by atoms with Crippen LogP contribution in [0, 0.1) is 6.92 Å². The number of carbonyl (C=O) groups excluding carboxylic acids is 1. The van der Waals surface area contributed by atoms with E-state index in [1.165, 1.54) is 11.3 Å². The van der Waals surface area contributed by atoms with Gasteiger partial charge in [0, 0.05) is 12.4 Å². The van der Waals surface area contributed by atoms with E-state index in [0.29, 0.717) is 9.90 Å². The van der Waals surface area contributed by atoms with E-state index in [2.05, 4.69) is 9.97 Å². The van der Waals surface area contributed by atoms with Gasteiger partial charge in [-0.15, -0.1) is 11.3 Å². The van der Waals surface area contributed by atoms with Crippen LogP contribution in [0.3, 0.4) is 0 Å². The highest BCUT2D eigenvalue weighted by atomic mass is 35.5. The van der Waals surface area contributed by atoms with Crippen molar-refractivity contribution in [2.45, 2.75) is 6.92 Å². The van der Waals surface area contributed by atoms with E-state index in [-0.39, 0.29) is 11.6 Å². The van der Waals surface area contributed by atoms with Gasteiger partial charge in [0.25, 0.3) is 0 Å². The number of halogens is 1. The first-order valence-corrected chi connectivity index (χ1v) is 5.50. The molecule has 0 radical (unpaired) electrons. The average Bonchev–Trinajstić information content (AvgIpc) is 2.65. The van der Waals surface area contributed by atoms with E-state index < -0.39 is 0 Å². The van der Waals surface area contributed by atoms with Gasteiger partial charge < -0.3 is 0 Å². The number of ketones is 1. The molecule has 0 amide bonds. The maximum Gasteiger partial charge on any atom is 0.241 e. The molecular weight excluding hydrogens is 232 g/mol. The average molecular weight is 239 g/mol. The molecule has 0 spiro atoms. The maximum atomic E-state index is 11.8. The van der Waals surface area contributed by atoms with Crippen LogP contribution < -0.4 is 0 Å². The summed E-state index contributed by atoms with van der Waals surface area (Å²) in [6.45, 7) is 1.87. The van der Waals surface area contributed by atoms with Gasteiger partial charge >= 0.3 is 0 Å². The summed E-state index contributed by atoms with van der Waals surface area (Å²) in [4.78, 5) is 20.3. The lowest BCUT2D eigenvalue weighted by Crippen LogP contribution is -2.05. The Morgan fingerprint density at radius 2 is 2.07 bits per heavy atom. The van der Waals surface area contributed by atoms with Crippen LogP contribution in [0.2, 0.25) is 5.02 Å². The summed E-state index contributed by atoms with van der Waals surface area (Å²) in [5, 5.41) is 2.22. The lowest BCUT2D eigenvalue weighted by molar-refractivity contribution is 0.103. The Kier molecular flexibility index (Phi) is 2.79. The van der Waals surface area contributed by atoms with Crippen molar-refractivity contribution < 1.29 is 4.79 Å². The first-order chi connectivity index (χ1) is 7.18. The molecule has 0 N–H and O–H groups in total. The van der Waals surface area contributed by atoms with Crippen LogP contribution >= 0.6 is 22.9 Å². The van der Waals surface area contributed by atoms with E-state index in [0.717, 1.165) is 5.56 Å². The number of nitrogens with zero attached hydrogens (tertiary/aromatic N) is 2. The molecule has 15 heavy (non-hydrogen) atoms. The third-order valence-electron chi connectivity index (χ3n) is 1.81. The molecule has 0 aliphatic rings. The molecule has 2 aromatic heterocycles. The standard InChI is InChI=1S/C10H7ClN2OS/c1-6-4-12-10(13-5-6)8(14)9-7(11)2-3-15-9/h2-5H,1H3. The van der Waals surface area contributed by atoms with Gasteiger partial charge in [-0.1, -0.05) is 11.6 Å². The smallest absolute Gasteiger partial charge is 0.241 e. The van der Waals surface area contributed by atoms with E-state index in [1.54, 1.807) is 23.8 Å². The lowest BCUT2D eigenvalue weighted by atomic mass is 10.3. The second-order valence-electron chi connectivity index (χ2n) is 3.01. The van der Waals surface area contributed by atoms with E-state index >= 15 is 0 Å². The Labute approximate surface area is 95.8 Å². The third kappa shape index (κ3) is 2.06. The van der Waals surface area contributed by atoms with Crippen LogP contribution in [0.15, 0.2) is 23.8 Å². The summed E-state index contributed by atoms with van der Waals surface area (Å²) in [5.74, 6) is -0.0417. The Bertz CT molecular complexity index is 492. The van der Waals surface area contributed by atoms with Crippen LogP contribution in [-0.2, 0) is 0 Å². The number of carbonyl (C=O) groups is 1. The van der Waals surface area contributed by atoms with Crippen molar-refractivity contribution in [2.75, 3.05) is 0 Å². The largest absolute Gasteiger partial charge is 0.284 e. The Morgan fingerprint density at radius 3 is 2.60 bits per heavy atom. The van der Waals surface area contributed by atoms with Crippen molar-refractivity contribution in [1.29, 1.82) is 0 Å². The Morgan fingerprint density at radius 1 is 1.40 bits per heavy atom. The molecule has 5 heteroatoms. The monoisotopic (exact) mass is 238 g/mol. The van der Waals surface area contributed by atoms with Crippen molar-refractivity contribution >= 4 is 28.7 Å². The highest BCUT2D eigenvalue weighted by Crippen LogP contribution is 2.23. The molecule has 0 aliphatic heterocycles. The molecule has 3 nitrogen and oxygen atoms in total. The molecule has 0 aromatic carbocycles. The van der Waals surface area contributed by atoms with Crippen LogP contribution in [0.4, 0.5) is 0 Å². The van der Waals surface area contributed by atoms with Gasteiger partial charge in [0.2, 0.25) is 11.6 Å². The predicted octanol–water partition coefficient (Wildman–Crippen LogP) is 2.73. The Balaban J connectivity index is 2.37. The quantitative estimate of drug-likeness (QED) is 0.756. The van der Waals surface area contributed by atoms with E-state index in [9.17, 15) is 4.79 Å². The summed E-state index contributed by atoms with van der Waals surface area (Å²) in [5.41, 5.74) is 0.920. The predicted molar refractivity (Wildman–Crippen MR) is 59.5 cm³/mol. The first-order valence-electron chi connectivity index (χ1n) is 4.25. The zero-order valence-electron chi connectivity index (χ0n) is 7.90. The summed E-state index contributed by atoms with van der Waals surface area (Å²) in [7, 11) is 0. The number of aryl methyl sites for hydroxylation is 1. The molecule has 2 rings (SSSR count). The zero-order chi connectivity index (χ0) is 10.8. The Hall–Kier alpha value is -1.26. The van der Waals surface area contributed by atoms with Gasteiger partial charge in [-0.3, -0.25) is 4.79 Å². The van der Waals surface area contributed by atoms with Crippen LogP contribution in [0.1, 0.15) is 21.1 Å². The zero-order valence-corrected chi connectivity index (χ0v) is 9.47. The summed E-state index contributed by atoms with van der Waals surface area (Å²) in [6, 6.07) is 1.69. The second kappa shape index (κ2) is 4.08. The molecule has 0 atom stereocenters. The first kappa shape index (κ1) is 10.3. The van der Waals surface area contributed by atoms with Gasteiger partial charge in [-0.05, 0) is 23.9 Å². The molecule has 0 unspecified atom stereocenters. The lowest BCUT2D eigenvalue weighted by Gasteiger charge is -1.97. The maximum absolute atomic E-state index is 11.8. The minimum atomic E-state index is -0.227. The fraction of sp³-hybridized carbons (Fsp3) is 0.100. The molecule has 0 saturated carbocycles. The SMILES string of the molecule is Cc1cnc(C(=O)c2sccc2Cl)nc1. The number of aromatic nitrogens is 2. The van der Waals surface area contributed by atoms with Gasteiger partial charge in [0.15, 0.2) is 0 Å². The van der Waals surface area contributed by atoms with Crippen molar-refractivity contribution in [3.63, 3.8) is 0 Å². The van der Waals surface area contributed by atoms with E-state index in [1.807, 2.05) is 6.92 Å². The minimum absolute atomic E-state index is 0.185. The highest BCUT2D eigenvalue weighted by molar-refractivity contribution is 7.13. The molecule has 0 aliphatic carbocycles. The van der Waals surface area contributed by atoms with Crippen LogP contribution in [-0.4, -0.2) is 15.8 Å². The second-order valence-corrected chi connectivity index (χ2v) is 4.33. The minimum Gasteiger partial charge on any atom is -0.284 e. The van der Waals surface area contributed by atoms with Gasteiger partial charge in [-0.25, -0.2) is 9.97 Å². The molecule has 2 aromatic rings. The van der Waals surface area contributed by atoms with Gasteiger partial charge in [0.1, 0.15) is 0 Å². The molecule has 0 bridgehead atoms. The molecule has 2 heterocycles. The number of rotatable bonds is 2. The fourth-order valence-corrected chi connectivity index (χ4v) is 2.14. The van der Waals surface area contributed by atoms with Crippen molar-refractivity contribution in [3.05, 3.63) is 45.1 Å². The molecular formula is C10H7ClN2OS. The molecule has 0 saturated heterocycles.